The number of aliphatic imine (C=N–C) groups is 1. The van der Waals surface area contributed by atoms with E-state index in [1.165, 1.54) is 32.1 Å². The number of nitrogens with two attached hydrogens (primary N) is 1. The molecule has 0 heterocycles. The number of rotatable bonds is 1. The average molecular weight is 198 g/mol. The van der Waals surface area contributed by atoms with Gasteiger partial charge in [-0.3, -0.25) is 4.99 Å². The number of hydrogen-bond acceptors (Lipinski definition) is 1. The van der Waals surface area contributed by atoms with Gasteiger partial charge >= 0.3 is 0 Å². The minimum atomic E-state index is 0.553. The Morgan fingerprint density at radius 3 is 2.29 bits per heavy atom. The zero-order valence-corrected chi connectivity index (χ0v) is 10.2. The van der Waals surface area contributed by atoms with Crippen LogP contribution in [0.4, 0.5) is 0 Å². The van der Waals surface area contributed by atoms with Crippen LogP contribution in [0.3, 0.4) is 0 Å². The minimum absolute atomic E-state index is 0.553. The fraction of sp³-hybridized carbons (Fsp3) is 0.917. The summed E-state index contributed by atoms with van der Waals surface area (Å²) in [6.45, 7) is 6.30. The van der Waals surface area contributed by atoms with Gasteiger partial charge in [-0.15, -0.1) is 0 Å². The maximum Gasteiger partial charge on any atom is 0.0967 e. The molecular formula is C12H26N2. The highest BCUT2D eigenvalue weighted by atomic mass is 14.8. The molecule has 1 aliphatic carbocycles. The van der Waals surface area contributed by atoms with E-state index in [0.717, 1.165) is 11.8 Å². The van der Waals surface area contributed by atoms with Gasteiger partial charge in [-0.2, -0.15) is 0 Å². The Balaban J connectivity index is 0.000000791. The van der Waals surface area contributed by atoms with Crippen LogP contribution in [0.15, 0.2) is 4.99 Å². The molecule has 1 fully saturated rings. The van der Waals surface area contributed by atoms with Crippen molar-refractivity contribution in [3.8, 4) is 0 Å². The Morgan fingerprint density at radius 1 is 1.14 bits per heavy atom. The first-order valence-corrected chi connectivity index (χ1v) is 5.98. The summed E-state index contributed by atoms with van der Waals surface area (Å²) in [5.74, 6) is 2.15. The van der Waals surface area contributed by atoms with Crippen LogP contribution in [0.25, 0.3) is 0 Å². The van der Waals surface area contributed by atoms with Crippen molar-refractivity contribution in [3.63, 3.8) is 0 Å². The Labute approximate surface area is 89.0 Å². The van der Waals surface area contributed by atoms with Crippen molar-refractivity contribution < 1.29 is 0 Å². The van der Waals surface area contributed by atoms with Gasteiger partial charge in [0, 0.05) is 13.0 Å². The zero-order valence-electron chi connectivity index (χ0n) is 10.2. The van der Waals surface area contributed by atoms with E-state index >= 15 is 0 Å². The Bertz CT molecular complexity index is 164. The second-order valence-corrected chi connectivity index (χ2v) is 3.87. The molecule has 0 spiro atoms. The van der Waals surface area contributed by atoms with E-state index < -0.39 is 0 Å². The highest BCUT2D eigenvalue weighted by Crippen LogP contribution is 2.28. The Morgan fingerprint density at radius 2 is 1.71 bits per heavy atom. The fourth-order valence-electron chi connectivity index (χ4n) is 2.10. The lowest BCUT2D eigenvalue weighted by atomic mass is 9.89. The fourth-order valence-corrected chi connectivity index (χ4v) is 2.10. The second-order valence-electron chi connectivity index (χ2n) is 3.87. The molecule has 0 aromatic heterocycles. The molecule has 2 heteroatoms. The highest BCUT2D eigenvalue weighted by molar-refractivity contribution is 5.82. The molecule has 0 saturated heterocycles. The maximum atomic E-state index is 5.86. The Kier molecular flexibility index (Phi) is 7.54. The van der Waals surface area contributed by atoms with Gasteiger partial charge in [-0.1, -0.05) is 46.5 Å². The van der Waals surface area contributed by atoms with Crippen LogP contribution in [-0.4, -0.2) is 12.9 Å². The first kappa shape index (κ1) is 13.5. The van der Waals surface area contributed by atoms with Crippen LogP contribution in [0.5, 0.6) is 0 Å². The van der Waals surface area contributed by atoms with E-state index in [0.29, 0.717) is 5.92 Å². The van der Waals surface area contributed by atoms with Crippen LogP contribution in [0.2, 0.25) is 0 Å². The predicted octanol–water partition coefficient (Wildman–Crippen LogP) is 3.22. The SMILES string of the molecule is CC.CN=C(N)C1CCCCCC1C. The van der Waals surface area contributed by atoms with E-state index in [4.69, 9.17) is 5.73 Å². The normalized spacial score (nSPS) is 28.7. The van der Waals surface area contributed by atoms with Gasteiger partial charge in [0.25, 0.3) is 0 Å². The molecule has 1 aliphatic rings. The first-order valence-electron chi connectivity index (χ1n) is 5.98. The number of amidine groups is 1. The van der Waals surface area contributed by atoms with Crippen molar-refractivity contribution in [2.45, 2.75) is 52.9 Å². The van der Waals surface area contributed by atoms with E-state index in [9.17, 15) is 0 Å². The molecule has 1 saturated carbocycles. The summed E-state index contributed by atoms with van der Waals surface area (Å²) in [6, 6.07) is 0. The molecule has 0 bridgehead atoms. The van der Waals surface area contributed by atoms with Gasteiger partial charge < -0.3 is 5.73 Å². The van der Waals surface area contributed by atoms with Crippen molar-refractivity contribution in [1.29, 1.82) is 0 Å². The van der Waals surface area contributed by atoms with Crippen LogP contribution in [0.1, 0.15) is 52.9 Å². The highest BCUT2D eigenvalue weighted by Gasteiger charge is 2.22. The quantitative estimate of drug-likeness (QED) is 0.392. The summed E-state index contributed by atoms with van der Waals surface area (Å²) in [6.07, 6.45) is 6.63. The predicted molar refractivity (Wildman–Crippen MR) is 64.6 cm³/mol. The molecule has 2 atom stereocenters. The van der Waals surface area contributed by atoms with Crippen molar-refractivity contribution >= 4 is 5.84 Å². The molecule has 0 aromatic rings. The third-order valence-electron chi connectivity index (χ3n) is 3.00. The molecule has 0 aromatic carbocycles. The topological polar surface area (TPSA) is 38.4 Å². The molecule has 14 heavy (non-hydrogen) atoms. The summed E-state index contributed by atoms with van der Waals surface area (Å²) in [5, 5.41) is 0. The van der Waals surface area contributed by atoms with Crippen LogP contribution >= 0.6 is 0 Å². The van der Waals surface area contributed by atoms with Crippen LogP contribution in [0, 0.1) is 11.8 Å². The number of nitrogens with zero attached hydrogens (tertiary/aromatic N) is 1. The van der Waals surface area contributed by atoms with Crippen LogP contribution < -0.4 is 5.73 Å². The van der Waals surface area contributed by atoms with Gasteiger partial charge in [0.05, 0.1) is 5.84 Å². The lowest BCUT2D eigenvalue weighted by molar-refractivity contribution is 0.426. The zero-order chi connectivity index (χ0) is 11.0. The lowest BCUT2D eigenvalue weighted by Gasteiger charge is -2.20. The summed E-state index contributed by atoms with van der Waals surface area (Å²) < 4.78 is 0. The average Bonchev–Trinajstić information content (AvgIpc) is 2.45. The molecule has 0 amide bonds. The summed E-state index contributed by atoms with van der Waals surface area (Å²) >= 11 is 0. The molecule has 0 radical (unpaired) electrons. The van der Waals surface area contributed by atoms with Crippen molar-refractivity contribution in [1.82, 2.24) is 0 Å². The molecule has 2 unspecified atom stereocenters. The molecule has 84 valence electrons. The van der Waals surface area contributed by atoms with E-state index in [1.807, 2.05) is 13.8 Å². The van der Waals surface area contributed by atoms with E-state index in [2.05, 4.69) is 11.9 Å². The summed E-state index contributed by atoms with van der Waals surface area (Å²) in [4.78, 5) is 4.10. The Hall–Kier alpha value is -0.530. The maximum absolute atomic E-state index is 5.86. The van der Waals surface area contributed by atoms with Gasteiger partial charge in [-0.05, 0) is 12.3 Å². The summed E-state index contributed by atoms with van der Waals surface area (Å²) in [7, 11) is 1.80. The smallest absolute Gasteiger partial charge is 0.0967 e. The van der Waals surface area contributed by atoms with E-state index in [1.54, 1.807) is 7.05 Å². The second kappa shape index (κ2) is 7.84. The van der Waals surface area contributed by atoms with E-state index in [-0.39, 0.29) is 0 Å². The first-order chi connectivity index (χ1) is 6.75. The van der Waals surface area contributed by atoms with Crippen molar-refractivity contribution in [2.24, 2.45) is 22.6 Å². The van der Waals surface area contributed by atoms with Gasteiger partial charge in [0.2, 0.25) is 0 Å². The van der Waals surface area contributed by atoms with Gasteiger partial charge in [0.15, 0.2) is 0 Å². The monoisotopic (exact) mass is 198 g/mol. The van der Waals surface area contributed by atoms with Crippen LogP contribution in [-0.2, 0) is 0 Å². The molecule has 2 nitrogen and oxygen atoms in total. The molecule has 1 rings (SSSR count). The third kappa shape index (κ3) is 4.12. The molecular weight excluding hydrogens is 172 g/mol. The standard InChI is InChI=1S/C10H20N2.C2H6/c1-8-6-4-3-5-7-9(8)10(11)12-2;1-2/h8-9H,3-7H2,1-2H3,(H2,11,12);1-2H3. The largest absolute Gasteiger partial charge is 0.387 e. The third-order valence-corrected chi connectivity index (χ3v) is 3.00. The number of hydrogen-bond donors (Lipinski definition) is 1. The van der Waals surface area contributed by atoms with Crippen molar-refractivity contribution in [3.05, 3.63) is 0 Å². The van der Waals surface area contributed by atoms with Gasteiger partial charge in [0.1, 0.15) is 0 Å². The molecule has 2 N–H and O–H groups in total. The summed E-state index contributed by atoms with van der Waals surface area (Å²) in [5.41, 5.74) is 5.86. The van der Waals surface area contributed by atoms with Gasteiger partial charge in [-0.25, -0.2) is 0 Å². The molecule has 0 aliphatic heterocycles. The van der Waals surface area contributed by atoms with Crippen molar-refractivity contribution in [2.75, 3.05) is 7.05 Å². The lowest BCUT2D eigenvalue weighted by Crippen LogP contribution is -2.28. The minimum Gasteiger partial charge on any atom is -0.387 e.